The number of carbonyl (C=O) groups is 4. The van der Waals surface area contributed by atoms with Crippen molar-refractivity contribution in [3.05, 3.63) is 30.4 Å². The number of nitrogens with zero attached hydrogens (tertiary/aromatic N) is 4. The molecule has 16 nitrogen and oxygen atoms in total. The van der Waals surface area contributed by atoms with E-state index in [0.29, 0.717) is 55.7 Å². The Morgan fingerprint density at radius 2 is 1.78 bits per heavy atom. The van der Waals surface area contributed by atoms with Crippen molar-refractivity contribution >= 4 is 50.7 Å². The van der Waals surface area contributed by atoms with Gasteiger partial charge in [0, 0.05) is 38.0 Å². The van der Waals surface area contributed by atoms with Gasteiger partial charge in [0.25, 0.3) is 5.91 Å². The Hall–Kier alpha value is -4.95. The van der Waals surface area contributed by atoms with E-state index in [0.717, 1.165) is 25.9 Å². The first-order valence-corrected chi connectivity index (χ1v) is 23.3. The molecule has 352 valence electrons. The summed E-state index contributed by atoms with van der Waals surface area (Å²) in [7, 11) is -2.94. The number of alkyl carbamates (subject to hydrolysis) is 1. The van der Waals surface area contributed by atoms with Crippen LogP contribution in [0, 0.1) is 23.7 Å². The lowest BCUT2D eigenvalue weighted by molar-refractivity contribution is -0.243. The lowest BCUT2D eigenvalue weighted by Crippen LogP contribution is -2.58. The molecule has 4 amide bonds. The molecule has 7 rings (SSSR count). The Kier molecular flexibility index (Phi) is 13.1. The highest BCUT2D eigenvalue weighted by Crippen LogP contribution is 2.48. The highest BCUT2D eigenvalue weighted by molar-refractivity contribution is 7.91. The number of nitrogens with one attached hydrogen (secondary N) is 3. The summed E-state index contributed by atoms with van der Waals surface area (Å²) in [5, 5.41) is 5.68. The maximum Gasteiger partial charge on any atom is 0.427 e. The number of fused-ring (bicyclic) bond motifs is 3. The molecule has 3 N–H and O–H groups in total. The fourth-order valence-corrected chi connectivity index (χ4v) is 10.3. The molecule has 2 aliphatic carbocycles. The highest BCUT2D eigenvalue weighted by Gasteiger charge is 2.64. The van der Waals surface area contributed by atoms with Gasteiger partial charge in [0.05, 0.1) is 30.5 Å². The average Bonchev–Trinajstić information content (AvgIpc) is 4.04. The number of amides is 4. The molecule has 7 unspecified atom stereocenters. The minimum Gasteiger partial charge on any atom is -0.497 e. The number of alkyl halides is 4. The molecule has 4 fully saturated rings. The summed E-state index contributed by atoms with van der Waals surface area (Å²) < 4.78 is 98.6. The van der Waals surface area contributed by atoms with Crippen LogP contribution in [0.4, 0.5) is 28.3 Å². The molecule has 21 heteroatoms. The molecule has 0 radical (unpaired) electrons. The molecule has 5 aliphatic rings. The second kappa shape index (κ2) is 17.8. The average molecular weight is 924 g/mol. The number of benzene rings is 1. The van der Waals surface area contributed by atoms with Crippen molar-refractivity contribution in [3.8, 4) is 11.6 Å². The normalized spacial score (nSPS) is 28.6. The summed E-state index contributed by atoms with van der Waals surface area (Å²) in [4.78, 5) is 69.5. The summed E-state index contributed by atoms with van der Waals surface area (Å²) in [5.41, 5.74) is -4.06. The summed E-state index contributed by atoms with van der Waals surface area (Å²) in [6, 6.07) is 3.88. The van der Waals surface area contributed by atoms with Crippen molar-refractivity contribution in [2.45, 2.75) is 120 Å². The number of aromatic nitrogens is 2. The minimum absolute atomic E-state index is 0.00344. The van der Waals surface area contributed by atoms with Gasteiger partial charge < -0.3 is 34.6 Å². The van der Waals surface area contributed by atoms with Gasteiger partial charge in [-0.1, -0.05) is 26.0 Å². The van der Waals surface area contributed by atoms with Crippen molar-refractivity contribution in [2.24, 2.45) is 23.7 Å². The van der Waals surface area contributed by atoms with Crippen LogP contribution in [0.1, 0.15) is 85.5 Å². The van der Waals surface area contributed by atoms with Gasteiger partial charge in [0.15, 0.2) is 0 Å². The van der Waals surface area contributed by atoms with E-state index < -0.39 is 99.0 Å². The molecule has 64 heavy (non-hydrogen) atoms. The first-order valence-electron chi connectivity index (χ1n) is 21.9. The van der Waals surface area contributed by atoms with Gasteiger partial charge in [0.1, 0.15) is 34.9 Å². The van der Waals surface area contributed by atoms with Gasteiger partial charge in [-0.2, -0.15) is 18.2 Å². The van der Waals surface area contributed by atoms with Gasteiger partial charge in [-0.25, -0.2) is 22.6 Å². The molecule has 3 aliphatic heterocycles. The SMILES string of the molecule is COc1ccc2c(OC3CC4C(=O)NC5(C(=O)NS(=O)(=O)C6(CF)CC6)CC5C=CCCC(C)CC(C)C(CNC(=O)OC(C)(C)C(F)(F)F)C(=O)N4C3)nc(N3CCCC3)nc2c1. The molecule has 1 aromatic heterocycles. The number of anilines is 1. The molecule has 1 aromatic carbocycles. The van der Waals surface area contributed by atoms with E-state index in [1.54, 1.807) is 31.2 Å². The number of allylic oxidation sites excluding steroid dienone is 1. The molecule has 7 atom stereocenters. The van der Waals surface area contributed by atoms with Crippen LogP contribution in [0.2, 0.25) is 0 Å². The number of hydrogen-bond donors (Lipinski definition) is 3. The largest absolute Gasteiger partial charge is 0.497 e. The topological polar surface area (TPSA) is 198 Å². The summed E-state index contributed by atoms with van der Waals surface area (Å²) in [6.07, 6.45) is -0.0725. The molecule has 4 heterocycles. The zero-order valence-electron chi connectivity index (χ0n) is 36.6. The third-order valence-electron chi connectivity index (χ3n) is 13.5. The van der Waals surface area contributed by atoms with Crippen molar-refractivity contribution in [1.29, 1.82) is 0 Å². The highest BCUT2D eigenvalue weighted by atomic mass is 32.2. The van der Waals surface area contributed by atoms with Crippen LogP contribution in [-0.2, 0) is 29.1 Å². The number of hydrogen-bond acceptors (Lipinski definition) is 12. The van der Waals surface area contributed by atoms with Crippen LogP contribution in [-0.4, -0.2) is 121 Å². The first kappa shape index (κ1) is 47.0. The van der Waals surface area contributed by atoms with E-state index in [-0.39, 0.29) is 44.0 Å². The van der Waals surface area contributed by atoms with Crippen molar-refractivity contribution in [1.82, 2.24) is 30.2 Å². The summed E-state index contributed by atoms with van der Waals surface area (Å²) >= 11 is 0. The van der Waals surface area contributed by atoms with E-state index in [1.165, 1.54) is 12.0 Å². The molecule has 2 saturated carbocycles. The van der Waals surface area contributed by atoms with Crippen molar-refractivity contribution < 1.29 is 59.4 Å². The Labute approximate surface area is 369 Å². The predicted molar refractivity (Wildman–Crippen MR) is 225 cm³/mol. The number of methoxy groups -OCH3 is 1. The fourth-order valence-electron chi connectivity index (χ4n) is 8.92. The first-order chi connectivity index (χ1) is 30.1. The Balaban J connectivity index is 1.23. The van der Waals surface area contributed by atoms with Gasteiger partial charge in [0.2, 0.25) is 39.3 Å². The van der Waals surface area contributed by atoms with Crippen molar-refractivity contribution in [3.63, 3.8) is 0 Å². The second-order valence-corrected chi connectivity index (χ2v) is 20.7. The van der Waals surface area contributed by atoms with E-state index in [9.17, 15) is 40.4 Å². The lowest BCUT2D eigenvalue weighted by Gasteiger charge is -2.33. The lowest BCUT2D eigenvalue weighted by atomic mass is 9.83. The summed E-state index contributed by atoms with van der Waals surface area (Å²) in [6.45, 7) is 4.82. The zero-order chi connectivity index (χ0) is 46.4. The van der Waals surface area contributed by atoms with Crippen LogP contribution in [0.25, 0.3) is 10.9 Å². The van der Waals surface area contributed by atoms with E-state index >= 15 is 4.79 Å². The van der Waals surface area contributed by atoms with E-state index in [4.69, 9.17) is 24.2 Å². The predicted octanol–water partition coefficient (Wildman–Crippen LogP) is 5.11. The standard InChI is InChI=1S/C43H57F4N7O9S/c1-25-10-6-7-11-27-21-42(27,37(57)52-64(59,60)41(24-44)14-15-41)51-34(55)33-20-29(62-35-30-13-12-28(61-5)19-32(30)49-38(50-35)53-16-8-9-17-53)23-54(33)36(56)31(26(2)18-25)22-48-39(58)63-40(3,4)43(45,46)47/h7,11-13,19,25-27,29,31,33H,6,8-10,14-18,20-24H2,1-5H3,(H,48,58)(H,51,55)(H,52,57). The summed E-state index contributed by atoms with van der Waals surface area (Å²) in [5.74, 6) is -3.45. The third kappa shape index (κ3) is 9.54. The number of halogens is 4. The van der Waals surface area contributed by atoms with Crippen LogP contribution in [0.15, 0.2) is 30.4 Å². The van der Waals surface area contributed by atoms with Gasteiger partial charge in [-0.15, -0.1) is 0 Å². The molecular weight excluding hydrogens is 867 g/mol. The molecule has 2 saturated heterocycles. The third-order valence-corrected chi connectivity index (χ3v) is 15.6. The fraction of sp³-hybridized carbons (Fsp3) is 0.674. The number of carbonyl (C=O) groups excluding carboxylic acids is 4. The maximum absolute atomic E-state index is 15.0. The van der Waals surface area contributed by atoms with E-state index in [2.05, 4.69) is 15.4 Å². The quantitative estimate of drug-likeness (QED) is 0.199. The monoisotopic (exact) mass is 923 g/mol. The molecule has 0 spiro atoms. The van der Waals surface area contributed by atoms with Gasteiger partial charge in [-0.3, -0.25) is 19.1 Å². The maximum atomic E-state index is 15.0. The Morgan fingerprint density at radius 3 is 2.44 bits per heavy atom. The van der Waals surface area contributed by atoms with Gasteiger partial charge >= 0.3 is 12.3 Å². The van der Waals surface area contributed by atoms with Crippen LogP contribution < -0.4 is 29.7 Å². The molecule has 0 bridgehead atoms. The number of rotatable bonds is 11. The Bertz CT molecular complexity index is 2270. The minimum atomic E-state index is -4.88. The van der Waals surface area contributed by atoms with Crippen molar-refractivity contribution in [2.75, 3.05) is 44.9 Å². The Morgan fingerprint density at radius 1 is 1.06 bits per heavy atom. The molecule has 2 aromatic rings. The van der Waals surface area contributed by atoms with Crippen LogP contribution >= 0.6 is 0 Å². The van der Waals surface area contributed by atoms with Crippen LogP contribution in [0.5, 0.6) is 11.6 Å². The second-order valence-electron chi connectivity index (χ2n) is 18.6. The number of sulfonamides is 1. The zero-order valence-corrected chi connectivity index (χ0v) is 37.5. The van der Waals surface area contributed by atoms with Crippen LogP contribution in [0.3, 0.4) is 0 Å². The number of ether oxygens (including phenoxy) is 3. The molecular formula is C43H57F4N7O9S. The smallest absolute Gasteiger partial charge is 0.427 e. The van der Waals surface area contributed by atoms with E-state index in [1.807, 2.05) is 17.9 Å². The van der Waals surface area contributed by atoms with Gasteiger partial charge in [-0.05, 0) is 89.2 Å².